The van der Waals surface area contributed by atoms with Gasteiger partial charge in [0.2, 0.25) is 0 Å². The van der Waals surface area contributed by atoms with Crippen LogP contribution in [0.5, 0.6) is 17.2 Å². The Morgan fingerprint density at radius 1 is 1.30 bits per heavy atom. The molecule has 0 fully saturated rings. The van der Waals surface area contributed by atoms with E-state index in [0.29, 0.717) is 17.9 Å². The largest absolute Gasteiger partial charge is 0.506 e. The molecule has 1 atom stereocenters. The molecule has 4 N–H and O–H groups in total. The molecule has 0 saturated heterocycles. The number of hydrogen-bond acceptors (Lipinski definition) is 6. The quantitative estimate of drug-likeness (QED) is 0.418. The van der Waals surface area contributed by atoms with Crippen molar-refractivity contribution in [2.45, 2.75) is 18.9 Å². The van der Waals surface area contributed by atoms with Crippen LogP contribution in [0.1, 0.15) is 23.7 Å². The smallest absolute Gasteiger partial charge is 0.262 e. The Hall–Kier alpha value is -2.77. The summed E-state index contributed by atoms with van der Waals surface area (Å²) in [4.78, 5) is 11.4. The van der Waals surface area contributed by atoms with E-state index >= 15 is 0 Å². The van der Waals surface area contributed by atoms with Gasteiger partial charge in [-0.05, 0) is 43.1 Å². The highest BCUT2D eigenvalue weighted by Crippen LogP contribution is 2.41. The van der Waals surface area contributed by atoms with E-state index in [2.05, 4.69) is 10.6 Å². The number of fused-ring (bicyclic) bond motifs is 1. The number of aliphatic hydroxyl groups excluding tert-OH is 1. The molecule has 0 aliphatic carbocycles. The van der Waals surface area contributed by atoms with Crippen molar-refractivity contribution >= 4 is 11.6 Å². The minimum absolute atomic E-state index is 0.0845. The van der Waals surface area contributed by atoms with Gasteiger partial charge in [0.25, 0.3) is 5.91 Å². The molecular formula is C20H24N2O5. The zero-order valence-corrected chi connectivity index (χ0v) is 15.2. The maximum atomic E-state index is 11.4. The molecule has 7 heteroatoms. The highest BCUT2D eigenvalue weighted by molar-refractivity contribution is 5.97. The van der Waals surface area contributed by atoms with Crippen molar-refractivity contribution < 1.29 is 24.5 Å². The van der Waals surface area contributed by atoms with Crippen LogP contribution in [-0.4, -0.2) is 42.9 Å². The number of phenols is 1. The van der Waals surface area contributed by atoms with Gasteiger partial charge in [-0.2, -0.15) is 0 Å². The van der Waals surface area contributed by atoms with E-state index in [9.17, 15) is 15.0 Å². The van der Waals surface area contributed by atoms with Crippen molar-refractivity contribution in [2.75, 3.05) is 32.1 Å². The first-order chi connectivity index (χ1) is 13.1. The first-order valence-electron chi connectivity index (χ1n) is 8.89. The number of aliphatic hydroxyl groups is 1. The van der Waals surface area contributed by atoms with Gasteiger partial charge in [-0.1, -0.05) is 18.2 Å². The molecule has 1 amide bonds. The number of nitrogens with one attached hydrogen (secondary N) is 2. The van der Waals surface area contributed by atoms with Gasteiger partial charge in [0, 0.05) is 12.1 Å². The number of phenolic OH excluding ortho intramolecular Hbond substituents is 1. The Kier molecular flexibility index (Phi) is 6.16. The molecule has 3 rings (SSSR count). The third-order valence-electron chi connectivity index (χ3n) is 4.47. The zero-order chi connectivity index (χ0) is 19.2. The maximum Gasteiger partial charge on any atom is 0.262 e. The third kappa shape index (κ3) is 4.50. The van der Waals surface area contributed by atoms with Crippen molar-refractivity contribution in [1.29, 1.82) is 0 Å². The monoisotopic (exact) mass is 372 g/mol. The van der Waals surface area contributed by atoms with Crippen LogP contribution in [0.2, 0.25) is 0 Å². The maximum absolute atomic E-state index is 11.4. The van der Waals surface area contributed by atoms with E-state index < -0.39 is 6.10 Å². The van der Waals surface area contributed by atoms with E-state index in [1.54, 1.807) is 13.2 Å². The first-order valence-corrected chi connectivity index (χ1v) is 8.89. The molecule has 1 aliphatic rings. The topological polar surface area (TPSA) is 100 Å². The Labute approximate surface area is 157 Å². The van der Waals surface area contributed by atoms with Gasteiger partial charge >= 0.3 is 0 Å². The molecule has 144 valence electrons. The molecule has 1 heterocycles. The molecular weight excluding hydrogens is 348 g/mol. The van der Waals surface area contributed by atoms with Crippen molar-refractivity contribution in [3.05, 3.63) is 47.5 Å². The summed E-state index contributed by atoms with van der Waals surface area (Å²) in [5.74, 6) is 0.781. The molecule has 1 aliphatic heterocycles. The second-order valence-corrected chi connectivity index (χ2v) is 6.35. The van der Waals surface area contributed by atoms with Crippen molar-refractivity contribution in [3.8, 4) is 17.2 Å². The molecule has 2 aromatic carbocycles. The predicted octanol–water partition coefficient (Wildman–Crippen LogP) is 1.99. The number of carbonyl (C=O) groups is 1. The number of benzene rings is 2. The summed E-state index contributed by atoms with van der Waals surface area (Å²) in [5, 5.41) is 26.1. The van der Waals surface area contributed by atoms with Crippen molar-refractivity contribution in [2.24, 2.45) is 0 Å². The highest BCUT2D eigenvalue weighted by Gasteiger charge is 2.25. The second-order valence-electron chi connectivity index (χ2n) is 6.35. The fourth-order valence-corrected chi connectivity index (χ4v) is 3.10. The van der Waals surface area contributed by atoms with Crippen LogP contribution in [0.15, 0.2) is 36.4 Å². The van der Waals surface area contributed by atoms with Crippen LogP contribution < -0.4 is 20.1 Å². The summed E-state index contributed by atoms with van der Waals surface area (Å²) in [7, 11) is 1.66. The van der Waals surface area contributed by atoms with Gasteiger partial charge in [0.15, 0.2) is 12.4 Å². The number of methoxy groups -OCH3 is 1. The summed E-state index contributed by atoms with van der Waals surface area (Å²) in [5.41, 5.74) is 1.89. The lowest BCUT2D eigenvalue weighted by atomic mass is 10.0. The zero-order valence-electron chi connectivity index (χ0n) is 15.2. The molecule has 0 bridgehead atoms. The third-order valence-corrected chi connectivity index (χ3v) is 4.47. The summed E-state index contributed by atoms with van der Waals surface area (Å²) < 4.78 is 10.7. The summed E-state index contributed by atoms with van der Waals surface area (Å²) in [6, 6.07) is 11.0. The molecule has 7 nitrogen and oxygen atoms in total. The van der Waals surface area contributed by atoms with Crippen LogP contribution >= 0.6 is 0 Å². The van der Waals surface area contributed by atoms with Crippen molar-refractivity contribution in [3.63, 3.8) is 0 Å². The van der Waals surface area contributed by atoms with Gasteiger partial charge in [-0.15, -0.1) is 0 Å². The number of aryl methyl sites for hydroxylation is 1. The Morgan fingerprint density at radius 2 is 2.11 bits per heavy atom. The number of anilines is 1. The molecule has 0 spiro atoms. The van der Waals surface area contributed by atoms with Crippen molar-refractivity contribution in [1.82, 2.24) is 5.32 Å². The summed E-state index contributed by atoms with van der Waals surface area (Å²) in [6.45, 7) is 0.927. The fourth-order valence-electron chi connectivity index (χ4n) is 3.10. The van der Waals surface area contributed by atoms with Gasteiger partial charge in [0.1, 0.15) is 17.2 Å². The minimum Gasteiger partial charge on any atom is -0.506 e. The van der Waals surface area contributed by atoms with E-state index in [1.807, 2.05) is 24.3 Å². The van der Waals surface area contributed by atoms with E-state index in [0.717, 1.165) is 30.7 Å². The van der Waals surface area contributed by atoms with Gasteiger partial charge in [-0.25, -0.2) is 0 Å². The molecule has 27 heavy (non-hydrogen) atoms. The number of para-hydroxylation sites is 1. The molecule has 0 radical (unpaired) electrons. The molecule has 1 unspecified atom stereocenters. The SMILES string of the molecule is COc1ccccc1CCCNCC(O)c1ccc(O)c2c1OCC(=O)N2. The lowest BCUT2D eigenvalue weighted by molar-refractivity contribution is -0.118. The molecule has 0 saturated carbocycles. The number of amides is 1. The number of ether oxygens (including phenoxy) is 2. The number of rotatable bonds is 8. The van der Waals surface area contributed by atoms with Crippen LogP contribution in [0.25, 0.3) is 0 Å². The van der Waals surface area contributed by atoms with Gasteiger partial charge in [0.05, 0.1) is 13.2 Å². The second kappa shape index (κ2) is 8.75. The van der Waals surface area contributed by atoms with Gasteiger partial charge < -0.3 is 30.3 Å². The fraction of sp³-hybridized carbons (Fsp3) is 0.350. The van der Waals surface area contributed by atoms with E-state index in [-0.39, 0.29) is 24.0 Å². The van der Waals surface area contributed by atoms with Crippen LogP contribution in [-0.2, 0) is 11.2 Å². The summed E-state index contributed by atoms with van der Waals surface area (Å²) in [6.07, 6.45) is 0.949. The predicted molar refractivity (Wildman–Crippen MR) is 101 cm³/mol. The van der Waals surface area contributed by atoms with Gasteiger partial charge in [-0.3, -0.25) is 4.79 Å². The Bertz CT molecular complexity index is 809. The first kappa shape index (κ1) is 19.0. The summed E-state index contributed by atoms with van der Waals surface area (Å²) >= 11 is 0. The average Bonchev–Trinajstić information content (AvgIpc) is 2.68. The van der Waals surface area contributed by atoms with E-state index in [4.69, 9.17) is 9.47 Å². The van der Waals surface area contributed by atoms with Crippen LogP contribution in [0.4, 0.5) is 5.69 Å². The number of carbonyl (C=O) groups excluding carboxylic acids is 1. The van der Waals surface area contributed by atoms with Crippen LogP contribution in [0.3, 0.4) is 0 Å². The molecule has 2 aromatic rings. The normalized spacial score (nSPS) is 14.1. The standard InChI is InChI=1S/C20H24N2O5/c1-26-17-7-3-2-5-13(17)6-4-10-21-11-16(24)14-8-9-15(23)19-20(14)27-12-18(25)22-19/h2-3,5,7-9,16,21,23-24H,4,6,10-12H2,1H3,(H,22,25). The number of aromatic hydroxyl groups is 1. The minimum atomic E-state index is -0.819. The average molecular weight is 372 g/mol. The lowest BCUT2D eigenvalue weighted by Crippen LogP contribution is -2.28. The van der Waals surface area contributed by atoms with Crippen LogP contribution in [0, 0.1) is 0 Å². The highest BCUT2D eigenvalue weighted by atomic mass is 16.5. The lowest BCUT2D eigenvalue weighted by Gasteiger charge is -2.24. The van der Waals surface area contributed by atoms with E-state index in [1.165, 1.54) is 6.07 Å². The number of hydrogen-bond donors (Lipinski definition) is 4. The molecule has 0 aromatic heterocycles. The Morgan fingerprint density at radius 3 is 2.93 bits per heavy atom. The Balaban J connectivity index is 1.52.